The highest BCUT2D eigenvalue weighted by molar-refractivity contribution is 6.06. The molecule has 2 N–H and O–H groups in total. The van der Waals surface area contributed by atoms with Gasteiger partial charge in [0.25, 0.3) is 5.91 Å². The largest absolute Gasteiger partial charge is 0.482 e. The molecule has 0 saturated carbocycles. The highest BCUT2D eigenvalue weighted by atomic mass is 16.5. The zero-order chi connectivity index (χ0) is 34.5. The second kappa shape index (κ2) is 16.9. The van der Waals surface area contributed by atoms with E-state index in [0.717, 1.165) is 0 Å². The first-order valence-electron chi connectivity index (χ1n) is 15.0. The Morgan fingerprint density at radius 1 is 0.688 bits per heavy atom. The Morgan fingerprint density at radius 3 is 1.94 bits per heavy atom. The fourth-order valence-corrected chi connectivity index (χ4v) is 4.60. The predicted octanol–water partition coefficient (Wildman–Crippen LogP) is 4.26. The Bertz CT molecular complexity index is 1730. The van der Waals surface area contributed by atoms with E-state index in [0.29, 0.717) is 22.6 Å². The third-order valence-electron chi connectivity index (χ3n) is 7.30. The molecule has 0 bridgehead atoms. The topological polar surface area (TPSA) is 138 Å². The summed E-state index contributed by atoms with van der Waals surface area (Å²) in [6, 6.07) is 30.5. The Hall–Kier alpha value is -6.17. The number of hydrogen-bond donors (Lipinski definition) is 2. The van der Waals surface area contributed by atoms with Crippen molar-refractivity contribution >= 4 is 52.5 Å². The van der Waals surface area contributed by atoms with Crippen LogP contribution in [0.25, 0.3) is 0 Å². The molecule has 4 aromatic carbocycles. The van der Waals surface area contributed by atoms with E-state index in [9.17, 15) is 24.0 Å². The molecule has 0 aliphatic heterocycles. The van der Waals surface area contributed by atoms with Gasteiger partial charge in [-0.3, -0.25) is 24.1 Å². The van der Waals surface area contributed by atoms with Gasteiger partial charge in [0.2, 0.25) is 11.8 Å². The van der Waals surface area contributed by atoms with Gasteiger partial charge in [0.15, 0.2) is 6.61 Å². The van der Waals surface area contributed by atoms with Crippen LogP contribution in [0.3, 0.4) is 0 Å². The highest BCUT2D eigenvalue weighted by Crippen LogP contribution is 2.29. The van der Waals surface area contributed by atoms with Crippen molar-refractivity contribution in [2.75, 3.05) is 60.9 Å². The Morgan fingerprint density at radius 2 is 1.29 bits per heavy atom. The Kier molecular flexibility index (Phi) is 12.2. The molecule has 12 heteroatoms. The minimum atomic E-state index is -0.676. The number of carbonyl (C=O) groups is 5. The molecular formula is C36H37N5O7. The van der Waals surface area contributed by atoms with E-state index in [4.69, 9.17) is 9.47 Å². The fraction of sp³-hybridized carbons (Fsp3) is 0.194. The number of para-hydroxylation sites is 4. The number of nitrogens with one attached hydrogen (secondary N) is 2. The van der Waals surface area contributed by atoms with Gasteiger partial charge in [0, 0.05) is 31.2 Å². The van der Waals surface area contributed by atoms with Crippen LogP contribution in [-0.2, 0) is 30.3 Å². The fourth-order valence-electron chi connectivity index (χ4n) is 4.60. The number of amides is 5. The molecule has 0 spiro atoms. The van der Waals surface area contributed by atoms with Crippen LogP contribution < -0.4 is 30.1 Å². The third kappa shape index (κ3) is 9.66. The number of anilines is 4. The zero-order valence-electron chi connectivity index (χ0n) is 26.9. The van der Waals surface area contributed by atoms with E-state index in [2.05, 4.69) is 10.6 Å². The quantitative estimate of drug-likeness (QED) is 0.206. The lowest BCUT2D eigenvalue weighted by molar-refractivity contribution is -0.139. The van der Waals surface area contributed by atoms with Gasteiger partial charge in [-0.1, -0.05) is 60.7 Å². The van der Waals surface area contributed by atoms with Gasteiger partial charge >= 0.3 is 12.0 Å². The summed E-state index contributed by atoms with van der Waals surface area (Å²) in [4.78, 5) is 68.6. The summed E-state index contributed by atoms with van der Waals surface area (Å²) in [5.74, 6) is -1.57. The lowest BCUT2D eigenvalue weighted by Gasteiger charge is -2.27. The SMILES string of the molecule is COC(=O)Cc1cccc(NC(=O)NCC(=O)N(CC(=O)N(C)c2ccccc2)c2ccccc2OCC(=O)N(C)c2ccccc2)c1. The summed E-state index contributed by atoms with van der Waals surface area (Å²) in [6.07, 6.45) is 0.0299. The molecule has 0 fully saturated rings. The van der Waals surface area contributed by atoms with Crippen LogP contribution in [0.15, 0.2) is 109 Å². The number of likely N-dealkylation sites (N-methyl/N-ethyl adjacent to an activating group) is 2. The summed E-state index contributed by atoms with van der Waals surface area (Å²) in [5.41, 5.74) is 2.59. The average Bonchev–Trinajstić information content (AvgIpc) is 3.12. The molecule has 248 valence electrons. The van der Waals surface area contributed by atoms with Crippen LogP contribution in [0.1, 0.15) is 5.56 Å². The number of urea groups is 1. The molecule has 0 heterocycles. The summed E-state index contributed by atoms with van der Waals surface area (Å²) in [7, 11) is 4.52. The normalized spacial score (nSPS) is 10.3. The van der Waals surface area contributed by atoms with E-state index in [1.165, 1.54) is 21.8 Å². The van der Waals surface area contributed by atoms with E-state index < -0.39 is 30.4 Å². The van der Waals surface area contributed by atoms with Crippen LogP contribution in [0.5, 0.6) is 5.75 Å². The van der Waals surface area contributed by atoms with Crippen molar-refractivity contribution in [3.05, 3.63) is 115 Å². The van der Waals surface area contributed by atoms with Crippen LogP contribution in [0, 0.1) is 0 Å². The summed E-state index contributed by atoms with van der Waals surface area (Å²) in [6.45, 7) is -1.20. The van der Waals surface area contributed by atoms with Crippen molar-refractivity contribution in [2.24, 2.45) is 0 Å². The van der Waals surface area contributed by atoms with E-state index in [1.807, 2.05) is 24.3 Å². The van der Waals surface area contributed by atoms with Crippen LogP contribution in [0.2, 0.25) is 0 Å². The number of ether oxygens (including phenoxy) is 2. The van der Waals surface area contributed by atoms with Gasteiger partial charge in [0.05, 0.1) is 25.8 Å². The summed E-state index contributed by atoms with van der Waals surface area (Å²) >= 11 is 0. The second-order valence-corrected chi connectivity index (χ2v) is 10.6. The van der Waals surface area contributed by atoms with Crippen molar-refractivity contribution < 1.29 is 33.4 Å². The van der Waals surface area contributed by atoms with Crippen molar-refractivity contribution in [1.29, 1.82) is 0 Å². The molecule has 0 aromatic heterocycles. The maximum atomic E-state index is 13.7. The lowest BCUT2D eigenvalue weighted by Crippen LogP contribution is -2.46. The van der Waals surface area contributed by atoms with Gasteiger partial charge in [-0.05, 0) is 54.1 Å². The molecular weight excluding hydrogens is 614 g/mol. The Balaban J connectivity index is 1.50. The van der Waals surface area contributed by atoms with Gasteiger partial charge in [0.1, 0.15) is 12.3 Å². The van der Waals surface area contributed by atoms with Crippen LogP contribution in [0.4, 0.5) is 27.5 Å². The lowest BCUT2D eigenvalue weighted by atomic mass is 10.1. The van der Waals surface area contributed by atoms with Gasteiger partial charge in [-0.2, -0.15) is 0 Å². The first kappa shape index (κ1) is 34.7. The molecule has 4 rings (SSSR count). The van der Waals surface area contributed by atoms with Gasteiger partial charge < -0.3 is 29.9 Å². The van der Waals surface area contributed by atoms with Gasteiger partial charge in [-0.25, -0.2) is 4.79 Å². The van der Waals surface area contributed by atoms with Crippen molar-refractivity contribution in [3.63, 3.8) is 0 Å². The smallest absolute Gasteiger partial charge is 0.319 e. The van der Waals surface area contributed by atoms with Crippen molar-refractivity contribution in [3.8, 4) is 5.75 Å². The van der Waals surface area contributed by atoms with Crippen LogP contribution >= 0.6 is 0 Å². The molecule has 5 amide bonds. The number of methoxy groups -OCH3 is 1. The first-order valence-corrected chi connectivity index (χ1v) is 15.0. The van der Waals surface area contributed by atoms with Crippen molar-refractivity contribution in [1.82, 2.24) is 5.32 Å². The van der Waals surface area contributed by atoms with E-state index in [-0.39, 0.29) is 36.9 Å². The highest BCUT2D eigenvalue weighted by Gasteiger charge is 2.25. The molecule has 0 atom stereocenters. The number of hydrogen-bond acceptors (Lipinski definition) is 7. The average molecular weight is 652 g/mol. The first-order chi connectivity index (χ1) is 23.2. The summed E-state index contributed by atoms with van der Waals surface area (Å²) < 4.78 is 10.6. The Labute approximate surface area is 278 Å². The molecule has 0 unspecified atom stereocenters. The number of esters is 1. The number of carbonyl (C=O) groups excluding carboxylic acids is 5. The number of nitrogens with zero attached hydrogens (tertiary/aromatic N) is 3. The maximum absolute atomic E-state index is 13.7. The van der Waals surface area contributed by atoms with E-state index >= 15 is 0 Å². The van der Waals surface area contributed by atoms with Crippen LogP contribution in [-0.4, -0.2) is 70.6 Å². The molecule has 0 radical (unpaired) electrons. The molecule has 12 nitrogen and oxygen atoms in total. The molecule has 0 aliphatic rings. The van der Waals surface area contributed by atoms with Gasteiger partial charge in [-0.15, -0.1) is 0 Å². The molecule has 0 aliphatic carbocycles. The zero-order valence-corrected chi connectivity index (χ0v) is 26.9. The van der Waals surface area contributed by atoms with E-state index in [1.54, 1.807) is 99.0 Å². The number of benzene rings is 4. The minimum absolute atomic E-state index is 0.0299. The predicted molar refractivity (Wildman–Crippen MR) is 183 cm³/mol. The number of rotatable bonds is 13. The maximum Gasteiger partial charge on any atom is 0.319 e. The van der Waals surface area contributed by atoms with Crippen molar-refractivity contribution in [2.45, 2.75) is 6.42 Å². The monoisotopic (exact) mass is 651 g/mol. The molecule has 0 saturated heterocycles. The second-order valence-electron chi connectivity index (χ2n) is 10.6. The molecule has 48 heavy (non-hydrogen) atoms. The minimum Gasteiger partial charge on any atom is -0.482 e. The third-order valence-corrected chi connectivity index (χ3v) is 7.30. The standard InChI is InChI=1S/C36H37N5O7/c1-39(28-15-6-4-7-16-28)33(43)24-41(32(42)23-37-36(46)38-27-14-12-13-26(21-27)22-35(45)47-3)30-19-10-11-20-31(30)48-25-34(44)40(2)29-17-8-5-9-18-29/h4-21H,22-25H2,1-3H3,(H2,37,38,46). The summed E-state index contributed by atoms with van der Waals surface area (Å²) in [5, 5.41) is 5.17. The molecule has 4 aromatic rings.